The Balaban J connectivity index is 1.86. The minimum Gasteiger partial charge on any atom is -0.471 e. The van der Waals surface area contributed by atoms with Crippen molar-refractivity contribution < 1.29 is 24.2 Å². The van der Waals surface area contributed by atoms with E-state index in [4.69, 9.17) is 9.47 Å². The lowest BCUT2D eigenvalue weighted by molar-refractivity contribution is -0.148. The second kappa shape index (κ2) is 4.71. The van der Waals surface area contributed by atoms with E-state index in [1.807, 2.05) is 12.1 Å². The average Bonchev–Trinajstić information content (AvgIpc) is 2.93. The first-order valence-electron chi connectivity index (χ1n) is 8.57. The summed E-state index contributed by atoms with van der Waals surface area (Å²) in [5, 5.41) is 10.8. The number of nitrogens with zero attached hydrogens (tertiary/aromatic N) is 1. The van der Waals surface area contributed by atoms with Crippen molar-refractivity contribution >= 4 is 12.8 Å². The van der Waals surface area contributed by atoms with Crippen molar-refractivity contribution in [1.82, 2.24) is 4.90 Å². The molecule has 4 aliphatic rings. The van der Waals surface area contributed by atoms with Crippen LogP contribution in [0.2, 0.25) is 0 Å². The van der Waals surface area contributed by atoms with Gasteiger partial charge in [-0.3, -0.25) is 9.59 Å². The molecule has 0 radical (unpaired) electrons. The van der Waals surface area contributed by atoms with E-state index in [-0.39, 0.29) is 12.0 Å². The zero-order valence-electron chi connectivity index (χ0n) is 13.8. The molecule has 25 heavy (non-hydrogen) atoms. The Bertz CT molecular complexity index is 820. The van der Waals surface area contributed by atoms with E-state index >= 15 is 0 Å². The first-order chi connectivity index (χ1) is 12.1. The number of aldehydes is 1. The Hall–Kier alpha value is -2.18. The molecule has 6 heteroatoms. The highest BCUT2D eigenvalue weighted by Gasteiger charge is 2.72. The van der Waals surface area contributed by atoms with Crippen LogP contribution in [0.3, 0.4) is 0 Å². The fraction of sp³-hybridized carbons (Fsp3) is 0.474. The normalized spacial score (nSPS) is 40.2. The number of benzene rings is 1. The molecule has 130 valence electrons. The van der Waals surface area contributed by atoms with E-state index in [1.54, 1.807) is 12.1 Å². The molecule has 5 rings (SSSR count). The van der Waals surface area contributed by atoms with Crippen LogP contribution in [-0.4, -0.2) is 54.1 Å². The zero-order valence-corrected chi connectivity index (χ0v) is 13.8. The summed E-state index contributed by atoms with van der Waals surface area (Å²) in [5.74, 6) is 0.814. The van der Waals surface area contributed by atoms with Gasteiger partial charge in [-0.05, 0) is 38.1 Å². The monoisotopic (exact) mass is 341 g/mol. The van der Waals surface area contributed by atoms with Gasteiger partial charge in [0.1, 0.15) is 6.10 Å². The van der Waals surface area contributed by atoms with Crippen LogP contribution in [0, 0.1) is 5.92 Å². The molecule has 6 nitrogen and oxygen atoms in total. The number of hydrogen-bond acceptors (Lipinski definition) is 6. The molecule has 1 N–H and O–H groups in total. The van der Waals surface area contributed by atoms with Crippen LogP contribution in [0.4, 0.5) is 0 Å². The van der Waals surface area contributed by atoms with Gasteiger partial charge < -0.3 is 19.5 Å². The molecule has 2 bridgehead atoms. The largest absolute Gasteiger partial charge is 0.471 e. The van der Waals surface area contributed by atoms with Crippen LogP contribution in [0.5, 0.6) is 11.5 Å². The van der Waals surface area contributed by atoms with E-state index in [2.05, 4.69) is 11.9 Å². The third-order valence-electron chi connectivity index (χ3n) is 6.75. The summed E-state index contributed by atoms with van der Waals surface area (Å²) in [6, 6.07) is 3.92. The summed E-state index contributed by atoms with van der Waals surface area (Å²) < 4.78 is 11.3. The van der Waals surface area contributed by atoms with Crippen molar-refractivity contribution in [2.24, 2.45) is 5.92 Å². The topological polar surface area (TPSA) is 76.1 Å². The van der Waals surface area contributed by atoms with Gasteiger partial charge in [-0.15, -0.1) is 0 Å². The van der Waals surface area contributed by atoms with Crippen LogP contribution in [0.1, 0.15) is 17.5 Å². The number of likely N-dealkylation sites (tertiary alicyclic amines) is 1. The fourth-order valence-electron chi connectivity index (χ4n) is 5.69. The predicted octanol–water partition coefficient (Wildman–Crippen LogP) is 0.597. The molecule has 2 aliphatic carbocycles. The maximum absolute atomic E-state index is 12.3. The van der Waals surface area contributed by atoms with E-state index < -0.39 is 17.1 Å². The number of piperidine rings is 1. The lowest BCUT2D eigenvalue weighted by Gasteiger charge is -2.59. The summed E-state index contributed by atoms with van der Waals surface area (Å²) in [6.45, 7) is 1.18. The smallest absolute Gasteiger partial charge is 0.298 e. The van der Waals surface area contributed by atoms with Crippen LogP contribution in [-0.2, 0) is 21.4 Å². The third-order valence-corrected chi connectivity index (χ3v) is 6.75. The molecule has 1 saturated heterocycles. The predicted molar refractivity (Wildman–Crippen MR) is 87.6 cm³/mol. The number of aliphatic hydroxyl groups is 1. The fourth-order valence-corrected chi connectivity index (χ4v) is 5.69. The number of aliphatic hydroxyl groups excluding tert-OH is 1. The SMILES string of the molecule is CN1CC[C@]23c4c5ccc(OC=O)c4O[C@@]2(C=O)[C@@H](O)C=C[C@H]3[C@H]1C5. The Labute approximate surface area is 145 Å². The van der Waals surface area contributed by atoms with Crippen LogP contribution in [0.15, 0.2) is 24.3 Å². The minimum absolute atomic E-state index is 0.0695. The second-order valence-electron chi connectivity index (χ2n) is 7.48. The molecule has 5 atom stereocenters. The lowest BCUT2D eigenvalue weighted by atomic mass is 9.49. The van der Waals surface area contributed by atoms with E-state index in [0.29, 0.717) is 24.4 Å². The van der Waals surface area contributed by atoms with Gasteiger partial charge in [-0.25, -0.2) is 0 Å². The van der Waals surface area contributed by atoms with Gasteiger partial charge in [-0.1, -0.05) is 18.2 Å². The third kappa shape index (κ3) is 1.49. The van der Waals surface area contributed by atoms with Crippen molar-refractivity contribution in [3.63, 3.8) is 0 Å². The second-order valence-corrected chi connectivity index (χ2v) is 7.48. The van der Waals surface area contributed by atoms with Gasteiger partial charge >= 0.3 is 0 Å². The Morgan fingerprint density at radius 3 is 2.96 bits per heavy atom. The maximum Gasteiger partial charge on any atom is 0.298 e. The molecular formula is C19H19NO5. The molecule has 2 heterocycles. The number of ether oxygens (including phenoxy) is 2. The van der Waals surface area contributed by atoms with E-state index in [0.717, 1.165) is 30.4 Å². The molecule has 1 aromatic rings. The van der Waals surface area contributed by atoms with Crippen molar-refractivity contribution in [1.29, 1.82) is 0 Å². The Morgan fingerprint density at radius 1 is 1.36 bits per heavy atom. The number of carbonyl (C=O) groups is 2. The molecule has 2 aliphatic heterocycles. The molecule has 0 aromatic heterocycles. The van der Waals surface area contributed by atoms with Crippen LogP contribution in [0.25, 0.3) is 0 Å². The highest BCUT2D eigenvalue weighted by Crippen LogP contribution is 2.65. The number of carbonyl (C=O) groups excluding carboxylic acids is 2. The van der Waals surface area contributed by atoms with Crippen molar-refractivity contribution in [2.75, 3.05) is 13.6 Å². The number of likely N-dealkylation sites (N-methyl/N-ethyl adjacent to an activating group) is 1. The molecule has 1 fully saturated rings. The lowest BCUT2D eigenvalue weighted by Crippen LogP contribution is -2.71. The van der Waals surface area contributed by atoms with Gasteiger partial charge in [0.2, 0.25) is 5.60 Å². The van der Waals surface area contributed by atoms with Gasteiger partial charge in [0.15, 0.2) is 17.8 Å². The summed E-state index contributed by atoms with van der Waals surface area (Å²) >= 11 is 0. The highest BCUT2D eigenvalue weighted by molar-refractivity contribution is 5.78. The maximum atomic E-state index is 12.3. The number of hydrogen-bond donors (Lipinski definition) is 1. The minimum atomic E-state index is -1.37. The number of rotatable bonds is 3. The Kier molecular flexibility index (Phi) is 2.84. The van der Waals surface area contributed by atoms with Crippen molar-refractivity contribution in [3.8, 4) is 11.5 Å². The van der Waals surface area contributed by atoms with Gasteiger partial charge in [0.05, 0.1) is 5.41 Å². The average molecular weight is 341 g/mol. The summed E-state index contributed by atoms with van der Waals surface area (Å²) in [7, 11) is 2.10. The van der Waals surface area contributed by atoms with E-state index in [1.165, 1.54) is 0 Å². The van der Waals surface area contributed by atoms with Gasteiger partial charge in [-0.2, -0.15) is 0 Å². The molecule has 1 aromatic carbocycles. The Morgan fingerprint density at radius 2 is 2.20 bits per heavy atom. The van der Waals surface area contributed by atoms with Crippen LogP contribution >= 0.6 is 0 Å². The molecule has 0 amide bonds. The summed E-state index contributed by atoms with van der Waals surface area (Å²) in [6.07, 6.45) is 4.99. The zero-order chi connectivity index (χ0) is 17.4. The summed E-state index contributed by atoms with van der Waals surface area (Å²) in [4.78, 5) is 25.6. The van der Waals surface area contributed by atoms with Crippen molar-refractivity contribution in [2.45, 2.75) is 36.0 Å². The summed E-state index contributed by atoms with van der Waals surface area (Å²) in [5.41, 5.74) is 0.0563. The first kappa shape index (κ1) is 15.1. The van der Waals surface area contributed by atoms with Gasteiger partial charge in [0.25, 0.3) is 6.47 Å². The first-order valence-corrected chi connectivity index (χ1v) is 8.57. The molecule has 1 spiro atoms. The standard InChI is InChI=1S/C19H19NO5/c1-20-7-6-18-12-3-5-15(23)19(18,9-21)25-17-14(24-10-22)4-2-11(16(17)18)8-13(12)20/h2-5,9-10,12-13,15,23H,6-8H2,1H3/t12-,13+,15-,18-,19-/m0/s1. The quantitative estimate of drug-likeness (QED) is 0.641. The highest BCUT2D eigenvalue weighted by atomic mass is 16.6. The van der Waals surface area contributed by atoms with Crippen molar-refractivity contribution in [3.05, 3.63) is 35.4 Å². The molecule has 0 unspecified atom stereocenters. The van der Waals surface area contributed by atoms with Crippen LogP contribution < -0.4 is 9.47 Å². The molecular weight excluding hydrogens is 322 g/mol. The molecule has 0 saturated carbocycles. The van der Waals surface area contributed by atoms with Gasteiger partial charge in [0, 0.05) is 17.5 Å². The van der Waals surface area contributed by atoms with E-state index in [9.17, 15) is 14.7 Å².